The van der Waals surface area contributed by atoms with E-state index < -0.39 is 0 Å². The van der Waals surface area contributed by atoms with E-state index in [1.807, 2.05) is 60.7 Å². The molecule has 0 aromatic heterocycles. The first-order valence-corrected chi connectivity index (χ1v) is 9.71. The fraction of sp³-hybridized carbons (Fsp3) is 0. The van der Waals surface area contributed by atoms with Crippen LogP contribution in [0.2, 0.25) is 5.02 Å². The summed E-state index contributed by atoms with van der Waals surface area (Å²) in [5.41, 5.74) is 1.00. The lowest BCUT2D eigenvalue weighted by molar-refractivity contribution is 0.102. The molecule has 0 spiro atoms. The number of hydrogen-bond donors (Lipinski definition) is 1. The van der Waals surface area contributed by atoms with Gasteiger partial charge in [0, 0.05) is 34.5 Å². The van der Waals surface area contributed by atoms with E-state index in [0.717, 1.165) is 0 Å². The van der Waals surface area contributed by atoms with Crippen LogP contribution in [0, 0.1) is 0 Å². The van der Waals surface area contributed by atoms with Crippen molar-refractivity contribution in [1.29, 1.82) is 0 Å². The molecule has 4 aromatic rings. The standard InChI is InChI=1S/C25H18ClNO3/c26-19-9-7-8-18(14-19)25(28)27-20-15-23(29-21-10-3-1-4-11-21)17-24(16-20)30-22-12-5-2-6-13-22/h1-17H,(H,27,28). The predicted molar refractivity (Wildman–Crippen MR) is 119 cm³/mol. The van der Waals surface area contributed by atoms with Gasteiger partial charge in [-0.05, 0) is 42.5 Å². The van der Waals surface area contributed by atoms with Crippen molar-refractivity contribution in [2.75, 3.05) is 5.32 Å². The molecule has 0 fully saturated rings. The Hall–Kier alpha value is -3.76. The second-order valence-electron chi connectivity index (χ2n) is 6.49. The van der Waals surface area contributed by atoms with E-state index in [2.05, 4.69) is 5.32 Å². The topological polar surface area (TPSA) is 47.6 Å². The quantitative estimate of drug-likeness (QED) is 0.363. The Balaban J connectivity index is 1.63. The molecule has 4 nitrogen and oxygen atoms in total. The number of carbonyl (C=O) groups excluding carboxylic acids is 1. The van der Waals surface area contributed by atoms with Gasteiger partial charge in [0.25, 0.3) is 5.91 Å². The summed E-state index contributed by atoms with van der Waals surface area (Å²) < 4.78 is 11.9. The van der Waals surface area contributed by atoms with Gasteiger partial charge in [-0.1, -0.05) is 54.1 Å². The monoisotopic (exact) mass is 415 g/mol. The van der Waals surface area contributed by atoms with Gasteiger partial charge in [-0.15, -0.1) is 0 Å². The molecule has 0 heterocycles. The van der Waals surface area contributed by atoms with Gasteiger partial charge in [-0.3, -0.25) is 4.79 Å². The molecule has 0 saturated heterocycles. The lowest BCUT2D eigenvalue weighted by atomic mass is 10.2. The van der Waals surface area contributed by atoms with Crippen molar-refractivity contribution in [2.45, 2.75) is 0 Å². The third-order valence-electron chi connectivity index (χ3n) is 4.18. The highest BCUT2D eigenvalue weighted by Crippen LogP contribution is 2.32. The number of hydrogen-bond acceptors (Lipinski definition) is 3. The maximum atomic E-state index is 12.7. The molecular weight excluding hydrogens is 398 g/mol. The fourth-order valence-corrected chi connectivity index (χ4v) is 3.03. The highest BCUT2D eigenvalue weighted by atomic mass is 35.5. The van der Waals surface area contributed by atoms with E-state index in [0.29, 0.717) is 39.3 Å². The molecule has 1 amide bonds. The van der Waals surface area contributed by atoms with Gasteiger partial charge in [0.05, 0.1) is 0 Å². The van der Waals surface area contributed by atoms with Crippen LogP contribution in [0.4, 0.5) is 5.69 Å². The van der Waals surface area contributed by atoms with Gasteiger partial charge in [-0.2, -0.15) is 0 Å². The first-order chi connectivity index (χ1) is 14.7. The molecule has 0 unspecified atom stereocenters. The molecule has 0 radical (unpaired) electrons. The molecule has 1 N–H and O–H groups in total. The van der Waals surface area contributed by atoms with E-state index in [1.165, 1.54) is 0 Å². The minimum Gasteiger partial charge on any atom is -0.457 e. The van der Waals surface area contributed by atoms with Gasteiger partial charge in [-0.25, -0.2) is 0 Å². The van der Waals surface area contributed by atoms with Crippen molar-refractivity contribution in [1.82, 2.24) is 0 Å². The highest BCUT2D eigenvalue weighted by molar-refractivity contribution is 6.31. The van der Waals surface area contributed by atoms with Crippen LogP contribution in [0.25, 0.3) is 0 Å². The van der Waals surface area contributed by atoms with Crippen LogP contribution in [0.15, 0.2) is 103 Å². The van der Waals surface area contributed by atoms with E-state index in [4.69, 9.17) is 21.1 Å². The Bertz CT molecular complexity index is 1090. The predicted octanol–water partition coefficient (Wildman–Crippen LogP) is 7.18. The van der Waals surface area contributed by atoms with Crippen molar-refractivity contribution in [2.24, 2.45) is 0 Å². The number of amides is 1. The van der Waals surface area contributed by atoms with E-state index >= 15 is 0 Å². The zero-order chi connectivity index (χ0) is 20.8. The molecule has 0 saturated carbocycles. The molecule has 4 aromatic carbocycles. The smallest absolute Gasteiger partial charge is 0.255 e. The third kappa shape index (κ3) is 5.19. The number of rotatable bonds is 6. The Morgan fingerprint density at radius 2 is 1.20 bits per heavy atom. The second kappa shape index (κ2) is 9.16. The van der Waals surface area contributed by atoms with Gasteiger partial charge >= 0.3 is 0 Å². The molecule has 148 valence electrons. The number of benzene rings is 4. The second-order valence-corrected chi connectivity index (χ2v) is 6.92. The molecule has 0 aliphatic rings. The summed E-state index contributed by atoms with van der Waals surface area (Å²) in [4.78, 5) is 12.7. The average Bonchev–Trinajstić information content (AvgIpc) is 2.75. The number of para-hydroxylation sites is 2. The van der Waals surface area contributed by atoms with Crippen molar-refractivity contribution in [3.8, 4) is 23.0 Å². The zero-order valence-electron chi connectivity index (χ0n) is 15.9. The Morgan fingerprint density at radius 3 is 1.73 bits per heavy atom. The fourth-order valence-electron chi connectivity index (χ4n) is 2.84. The Labute approximate surface area is 179 Å². The molecular formula is C25H18ClNO3. The molecule has 0 bridgehead atoms. The summed E-state index contributed by atoms with van der Waals surface area (Å²) in [5.74, 6) is 2.16. The van der Waals surface area contributed by atoms with Gasteiger partial charge in [0.15, 0.2) is 0 Å². The lowest BCUT2D eigenvalue weighted by Crippen LogP contribution is -2.11. The third-order valence-corrected chi connectivity index (χ3v) is 4.42. The van der Waals surface area contributed by atoms with Crippen LogP contribution >= 0.6 is 11.6 Å². The summed E-state index contributed by atoms with van der Waals surface area (Å²) in [6.45, 7) is 0. The average molecular weight is 416 g/mol. The lowest BCUT2D eigenvalue weighted by Gasteiger charge is -2.13. The van der Waals surface area contributed by atoms with Gasteiger partial charge in [0.2, 0.25) is 0 Å². The number of ether oxygens (including phenoxy) is 2. The SMILES string of the molecule is O=C(Nc1cc(Oc2ccccc2)cc(Oc2ccccc2)c1)c1cccc(Cl)c1. The molecule has 4 rings (SSSR count). The largest absolute Gasteiger partial charge is 0.457 e. The molecule has 0 aliphatic carbocycles. The van der Waals surface area contributed by atoms with Crippen molar-refractivity contribution >= 4 is 23.2 Å². The van der Waals surface area contributed by atoms with Crippen LogP contribution in [-0.4, -0.2) is 5.91 Å². The van der Waals surface area contributed by atoms with Crippen LogP contribution in [0.5, 0.6) is 23.0 Å². The maximum Gasteiger partial charge on any atom is 0.255 e. The Kier molecular flexibility index (Phi) is 5.97. The summed E-state index contributed by atoms with van der Waals surface area (Å²) in [6, 6.07) is 30.8. The molecule has 0 atom stereocenters. The van der Waals surface area contributed by atoms with Crippen molar-refractivity contribution in [3.63, 3.8) is 0 Å². The van der Waals surface area contributed by atoms with Gasteiger partial charge in [0.1, 0.15) is 23.0 Å². The summed E-state index contributed by atoms with van der Waals surface area (Å²) in [5, 5.41) is 3.38. The van der Waals surface area contributed by atoms with Crippen molar-refractivity contribution in [3.05, 3.63) is 114 Å². The van der Waals surface area contributed by atoms with Crippen LogP contribution in [0.3, 0.4) is 0 Å². The first kappa shape index (κ1) is 19.6. The number of carbonyl (C=O) groups is 1. The number of halogens is 1. The summed E-state index contributed by atoms with van der Waals surface area (Å²) >= 11 is 6.00. The normalized spacial score (nSPS) is 10.3. The van der Waals surface area contributed by atoms with Crippen LogP contribution in [0.1, 0.15) is 10.4 Å². The van der Waals surface area contributed by atoms with E-state index in [1.54, 1.807) is 42.5 Å². The first-order valence-electron chi connectivity index (χ1n) is 9.33. The minimum absolute atomic E-state index is 0.278. The van der Waals surface area contributed by atoms with Crippen molar-refractivity contribution < 1.29 is 14.3 Å². The van der Waals surface area contributed by atoms with Crippen LogP contribution in [-0.2, 0) is 0 Å². The summed E-state index contributed by atoms with van der Waals surface area (Å²) in [7, 11) is 0. The number of anilines is 1. The zero-order valence-corrected chi connectivity index (χ0v) is 16.7. The van der Waals surface area contributed by atoms with Gasteiger partial charge < -0.3 is 14.8 Å². The molecule has 30 heavy (non-hydrogen) atoms. The number of nitrogens with one attached hydrogen (secondary N) is 1. The minimum atomic E-state index is -0.278. The highest BCUT2D eigenvalue weighted by Gasteiger charge is 2.11. The molecule has 5 heteroatoms. The molecule has 0 aliphatic heterocycles. The maximum absolute atomic E-state index is 12.7. The Morgan fingerprint density at radius 1 is 0.633 bits per heavy atom. The van der Waals surface area contributed by atoms with Crippen LogP contribution < -0.4 is 14.8 Å². The summed E-state index contributed by atoms with van der Waals surface area (Å²) in [6.07, 6.45) is 0. The van der Waals surface area contributed by atoms with E-state index in [9.17, 15) is 4.79 Å². The van der Waals surface area contributed by atoms with E-state index in [-0.39, 0.29) is 5.91 Å².